The van der Waals surface area contributed by atoms with Crippen molar-refractivity contribution in [1.82, 2.24) is 4.90 Å². The molecule has 1 saturated heterocycles. The molecule has 3 nitrogen and oxygen atoms in total. The summed E-state index contributed by atoms with van der Waals surface area (Å²) in [5.74, 6) is 0. The molecule has 22 heavy (non-hydrogen) atoms. The van der Waals surface area contributed by atoms with Gasteiger partial charge in [0.25, 0.3) is 0 Å². The maximum absolute atomic E-state index is 9.61. The number of para-hydroxylation sites is 1. The molecule has 0 radical (unpaired) electrons. The highest BCUT2D eigenvalue weighted by molar-refractivity contribution is 7.16. The number of halogens is 1. The zero-order valence-corrected chi connectivity index (χ0v) is 14.0. The average Bonchev–Trinajstić information content (AvgIpc) is 2.94. The van der Waals surface area contributed by atoms with Crippen molar-refractivity contribution in [2.75, 3.05) is 18.4 Å². The van der Waals surface area contributed by atoms with Gasteiger partial charge in [-0.2, -0.15) is 0 Å². The molecule has 0 saturated carbocycles. The van der Waals surface area contributed by atoms with Crippen molar-refractivity contribution in [2.45, 2.75) is 32.0 Å². The fraction of sp³-hybridized carbons (Fsp3) is 0.412. The highest BCUT2D eigenvalue weighted by Crippen LogP contribution is 2.24. The molecule has 1 aromatic heterocycles. The first-order valence-electron chi connectivity index (χ1n) is 7.67. The zero-order chi connectivity index (χ0) is 15.4. The molecule has 5 heteroatoms. The molecule has 2 heterocycles. The van der Waals surface area contributed by atoms with Gasteiger partial charge in [-0.05, 0) is 36.6 Å². The molecule has 0 bridgehead atoms. The van der Waals surface area contributed by atoms with Crippen LogP contribution in [-0.4, -0.2) is 29.2 Å². The van der Waals surface area contributed by atoms with Crippen LogP contribution in [-0.2, 0) is 13.1 Å². The topological polar surface area (TPSA) is 35.5 Å². The predicted molar refractivity (Wildman–Crippen MR) is 93.6 cm³/mol. The minimum absolute atomic E-state index is 0.117. The number of aliphatic hydroxyl groups excluding tert-OH is 1. The SMILES string of the molecule is OC1CCN(Cc2ccccc2NCc2ccc(Cl)s2)CC1. The van der Waals surface area contributed by atoms with Gasteiger partial charge in [0.2, 0.25) is 0 Å². The number of anilines is 1. The monoisotopic (exact) mass is 336 g/mol. The Balaban J connectivity index is 1.62. The molecule has 1 aliphatic heterocycles. The number of hydrogen-bond donors (Lipinski definition) is 2. The lowest BCUT2D eigenvalue weighted by Crippen LogP contribution is -2.35. The highest BCUT2D eigenvalue weighted by atomic mass is 35.5. The van der Waals surface area contributed by atoms with Crippen LogP contribution in [0.4, 0.5) is 5.69 Å². The molecule has 1 fully saturated rings. The highest BCUT2D eigenvalue weighted by Gasteiger charge is 2.17. The Kier molecular flexibility index (Phi) is 5.37. The first-order chi connectivity index (χ1) is 10.7. The van der Waals surface area contributed by atoms with Crippen molar-refractivity contribution in [3.8, 4) is 0 Å². The van der Waals surface area contributed by atoms with Gasteiger partial charge < -0.3 is 10.4 Å². The Morgan fingerprint density at radius 3 is 2.68 bits per heavy atom. The summed E-state index contributed by atoms with van der Waals surface area (Å²) in [5.41, 5.74) is 2.49. The lowest BCUT2D eigenvalue weighted by molar-refractivity contribution is 0.0793. The summed E-state index contributed by atoms with van der Waals surface area (Å²) in [6.07, 6.45) is 1.64. The van der Waals surface area contributed by atoms with E-state index in [1.807, 2.05) is 6.07 Å². The summed E-state index contributed by atoms with van der Waals surface area (Å²) in [6.45, 7) is 3.67. The maximum Gasteiger partial charge on any atom is 0.0931 e. The summed E-state index contributed by atoms with van der Waals surface area (Å²) >= 11 is 7.59. The second-order valence-corrected chi connectivity index (χ2v) is 7.52. The average molecular weight is 337 g/mol. The van der Waals surface area contributed by atoms with Gasteiger partial charge in [0, 0.05) is 36.7 Å². The van der Waals surface area contributed by atoms with E-state index in [1.54, 1.807) is 11.3 Å². The zero-order valence-electron chi connectivity index (χ0n) is 12.5. The minimum Gasteiger partial charge on any atom is -0.393 e. The number of nitrogens with zero attached hydrogens (tertiary/aromatic N) is 1. The minimum atomic E-state index is -0.117. The van der Waals surface area contributed by atoms with Crippen molar-refractivity contribution in [2.24, 2.45) is 0 Å². The first kappa shape index (κ1) is 15.8. The van der Waals surface area contributed by atoms with Crippen LogP contribution in [0.3, 0.4) is 0 Å². The lowest BCUT2D eigenvalue weighted by atomic mass is 10.1. The largest absolute Gasteiger partial charge is 0.393 e. The van der Waals surface area contributed by atoms with E-state index in [9.17, 15) is 5.11 Å². The fourth-order valence-corrected chi connectivity index (χ4v) is 3.81. The molecule has 2 N–H and O–H groups in total. The number of likely N-dealkylation sites (tertiary alicyclic amines) is 1. The third-order valence-corrected chi connectivity index (χ3v) is 5.28. The summed E-state index contributed by atoms with van der Waals surface area (Å²) < 4.78 is 0.831. The van der Waals surface area contributed by atoms with E-state index in [2.05, 4.69) is 40.5 Å². The first-order valence-corrected chi connectivity index (χ1v) is 8.86. The van der Waals surface area contributed by atoms with Crippen LogP contribution in [0, 0.1) is 0 Å². The summed E-state index contributed by atoms with van der Waals surface area (Å²) in [6, 6.07) is 12.5. The van der Waals surface area contributed by atoms with Gasteiger partial charge in [0.15, 0.2) is 0 Å². The Bertz CT molecular complexity index is 608. The smallest absolute Gasteiger partial charge is 0.0931 e. The molecule has 2 aromatic rings. The Hall–Kier alpha value is -1.07. The van der Waals surface area contributed by atoms with Crippen molar-refractivity contribution in [1.29, 1.82) is 0 Å². The van der Waals surface area contributed by atoms with Gasteiger partial charge >= 0.3 is 0 Å². The molecule has 0 atom stereocenters. The van der Waals surface area contributed by atoms with E-state index in [4.69, 9.17) is 11.6 Å². The van der Waals surface area contributed by atoms with Crippen molar-refractivity contribution in [3.63, 3.8) is 0 Å². The van der Waals surface area contributed by atoms with E-state index < -0.39 is 0 Å². The lowest BCUT2D eigenvalue weighted by Gasteiger charge is -2.30. The van der Waals surface area contributed by atoms with Crippen LogP contribution in [0.25, 0.3) is 0 Å². The normalized spacial score (nSPS) is 16.8. The number of aliphatic hydroxyl groups is 1. The molecule has 0 spiro atoms. The van der Waals surface area contributed by atoms with E-state index in [1.165, 1.54) is 16.1 Å². The van der Waals surface area contributed by atoms with Gasteiger partial charge in [-0.3, -0.25) is 4.90 Å². The number of rotatable bonds is 5. The molecule has 0 amide bonds. The van der Waals surface area contributed by atoms with Crippen LogP contribution in [0.5, 0.6) is 0 Å². The van der Waals surface area contributed by atoms with Crippen molar-refractivity contribution >= 4 is 28.6 Å². The third kappa shape index (κ3) is 4.23. The number of thiophene rings is 1. The predicted octanol–water partition coefficient (Wildman–Crippen LogP) is 3.97. The van der Waals surface area contributed by atoms with Gasteiger partial charge in [-0.25, -0.2) is 0 Å². The molecular formula is C17H21ClN2OS. The van der Waals surface area contributed by atoms with Crippen LogP contribution in [0.2, 0.25) is 4.34 Å². The summed E-state index contributed by atoms with van der Waals surface area (Å²) in [5, 5.41) is 13.1. The Morgan fingerprint density at radius 1 is 1.18 bits per heavy atom. The van der Waals surface area contributed by atoms with E-state index in [-0.39, 0.29) is 6.10 Å². The van der Waals surface area contributed by atoms with Gasteiger partial charge in [0.05, 0.1) is 10.4 Å². The van der Waals surface area contributed by atoms with E-state index in [0.29, 0.717) is 0 Å². The fourth-order valence-electron chi connectivity index (χ4n) is 2.78. The molecule has 1 aliphatic rings. The van der Waals surface area contributed by atoms with Crippen LogP contribution < -0.4 is 5.32 Å². The Morgan fingerprint density at radius 2 is 1.95 bits per heavy atom. The number of benzene rings is 1. The van der Waals surface area contributed by atoms with Crippen LogP contribution in [0.1, 0.15) is 23.3 Å². The van der Waals surface area contributed by atoms with E-state index >= 15 is 0 Å². The standard InChI is InChI=1S/C17H21ClN2OS/c18-17-6-5-15(22-17)11-19-16-4-2-1-3-13(16)12-20-9-7-14(21)8-10-20/h1-6,14,19,21H,7-12H2. The number of hydrogen-bond acceptors (Lipinski definition) is 4. The number of piperidine rings is 1. The summed E-state index contributed by atoms with van der Waals surface area (Å²) in [4.78, 5) is 3.65. The van der Waals surface area contributed by atoms with Crippen molar-refractivity contribution < 1.29 is 5.11 Å². The van der Waals surface area contributed by atoms with Gasteiger partial charge in [-0.1, -0.05) is 29.8 Å². The second kappa shape index (κ2) is 7.47. The molecule has 0 unspecified atom stereocenters. The molecule has 0 aliphatic carbocycles. The number of nitrogens with one attached hydrogen (secondary N) is 1. The quantitative estimate of drug-likeness (QED) is 0.867. The molecule has 118 valence electrons. The second-order valence-electron chi connectivity index (χ2n) is 5.72. The van der Waals surface area contributed by atoms with E-state index in [0.717, 1.165) is 43.4 Å². The van der Waals surface area contributed by atoms with Crippen molar-refractivity contribution in [3.05, 3.63) is 51.2 Å². The summed E-state index contributed by atoms with van der Waals surface area (Å²) in [7, 11) is 0. The van der Waals surface area contributed by atoms with Gasteiger partial charge in [0.1, 0.15) is 0 Å². The van der Waals surface area contributed by atoms with Crippen LogP contribution >= 0.6 is 22.9 Å². The molecule has 1 aromatic carbocycles. The maximum atomic E-state index is 9.61. The molecule has 3 rings (SSSR count). The third-order valence-electron chi connectivity index (χ3n) is 4.05. The van der Waals surface area contributed by atoms with Gasteiger partial charge in [-0.15, -0.1) is 11.3 Å². The van der Waals surface area contributed by atoms with Crippen LogP contribution in [0.15, 0.2) is 36.4 Å². The Labute approximate surface area is 140 Å². The molecular weight excluding hydrogens is 316 g/mol.